The van der Waals surface area contributed by atoms with Crippen molar-refractivity contribution in [2.45, 2.75) is 81.5 Å². The summed E-state index contributed by atoms with van der Waals surface area (Å²) in [4.78, 5) is 51.4. The number of hydrogen-bond donors (Lipinski definition) is 2. The van der Waals surface area contributed by atoms with Crippen LogP contribution in [-0.4, -0.2) is 119 Å². The van der Waals surface area contributed by atoms with Gasteiger partial charge in [0.2, 0.25) is 0 Å². The standard InChI is InChI=1S/C33H41BrF3N7O4S/c1-40-16-23-15-22(40)17-43(23)20-2-7-41(8-3-20)30(45)27(14-19-12-24(33(35,36)37)29(38)25(34)13-19)48-32(47)42-9-4-21(5-10-42)44-18-28-26(6-11-49-28)39-31(44)46/h6,11-13,20-23,27H,2-5,7-10,14-18,38H2,1H3,(H,39,46)/t22?,23?,27-/m1/s1. The van der Waals surface area contributed by atoms with Gasteiger partial charge in [-0.3, -0.25) is 9.69 Å². The van der Waals surface area contributed by atoms with Crippen LogP contribution in [0.15, 0.2) is 28.1 Å². The van der Waals surface area contributed by atoms with Crippen LogP contribution in [-0.2, 0) is 28.7 Å². The first-order valence-corrected chi connectivity index (χ1v) is 18.5. The Bertz CT molecular complexity index is 1590. The number of nitrogen functional groups attached to an aromatic ring is 1. The smallest absolute Gasteiger partial charge is 0.418 e. The van der Waals surface area contributed by atoms with Crippen LogP contribution < -0.4 is 11.1 Å². The Labute approximate surface area is 295 Å². The first-order chi connectivity index (χ1) is 23.4. The number of ether oxygens (including phenoxy) is 1. The summed E-state index contributed by atoms with van der Waals surface area (Å²) in [5.74, 6) is -0.414. The monoisotopic (exact) mass is 767 g/mol. The van der Waals surface area contributed by atoms with Gasteiger partial charge < -0.3 is 35.4 Å². The van der Waals surface area contributed by atoms with Gasteiger partial charge >= 0.3 is 18.3 Å². The fraction of sp³-hybridized carbons (Fsp3) is 0.606. The van der Waals surface area contributed by atoms with E-state index in [2.05, 4.69) is 38.1 Å². The third kappa shape index (κ3) is 6.97. The summed E-state index contributed by atoms with van der Waals surface area (Å²) in [6, 6.07) is 5.49. The number of likely N-dealkylation sites (N-methyl/N-ethyl adjacent to an activating group) is 1. The highest BCUT2D eigenvalue weighted by Crippen LogP contribution is 2.39. The number of rotatable bonds is 6. The molecule has 4 amide bonds. The fourth-order valence-electron chi connectivity index (χ4n) is 8.22. The lowest BCUT2D eigenvalue weighted by Gasteiger charge is -2.42. The van der Waals surface area contributed by atoms with E-state index >= 15 is 0 Å². The molecule has 5 aliphatic rings. The topological polar surface area (TPSA) is 115 Å². The quantitative estimate of drug-likeness (QED) is 0.396. The summed E-state index contributed by atoms with van der Waals surface area (Å²) in [7, 11) is 2.16. The van der Waals surface area contributed by atoms with Gasteiger partial charge in [0.25, 0.3) is 5.91 Å². The van der Waals surface area contributed by atoms with Crippen molar-refractivity contribution in [2.75, 3.05) is 57.4 Å². The summed E-state index contributed by atoms with van der Waals surface area (Å²) in [5, 5.41) is 4.87. The normalized spacial score (nSPS) is 24.7. The van der Waals surface area contributed by atoms with Crippen LogP contribution in [0.4, 0.5) is 34.1 Å². The molecule has 266 valence electrons. The molecule has 4 fully saturated rings. The van der Waals surface area contributed by atoms with Crippen LogP contribution in [0.2, 0.25) is 0 Å². The van der Waals surface area contributed by atoms with Crippen molar-refractivity contribution < 1.29 is 32.3 Å². The maximum Gasteiger partial charge on any atom is 0.418 e. The van der Waals surface area contributed by atoms with Crippen molar-refractivity contribution in [2.24, 2.45) is 0 Å². The van der Waals surface area contributed by atoms with Crippen molar-refractivity contribution in [1.82, 2.24) is 24.5 Å². The van der Waals surface area contributed by atoms with Crippen LogP contribution in [0.25, 0.3) is 0 Å². The molecule has 0 aliphatic carbocycles. The molecule has 16 heteroatoms. The molecule has 3 atom stereocenters. The molecule has 2 aromatic rings. The lowest BCUT2D eigenvalue weighted by Crippen LogP contribution is -2.55. The molecule has 4 saturated heterocycles. The number of nitrogens with zero attached hydrogens (tertiary/aromatic N) is 5. The molecule has 5 aliphatic heterocycles. The lowest BCUT2D eigenvalue weighted by molar-refractivity contribution is -0.142. The van der Waals surface area contributed by atoms with Crippen LogP contribution in [0.5, 0.6) is 0 Å². The first kappa shape index (κ1) is 34.4. The largest absolute Gasteiger partial charge is 0.436 e. The van der Waals surface area contributed by atoms with Crippen molar-refractivity contribution >= 4 is 56.7 Å². The number of piperazine rings is 1. The number of hydrogen-bond acceptors (Lipinski definition) is 8. The summed E-state index contributed by atoms with van der Waals surface area (Å²) < 4.78 is 47.4. The summed E-state index contributed by atoms with van der Waals surface area (Å²) in [6.07, 6.45) is -3.15. The summed E-state index contributed by atoms with van der Waals surface area (Å²) >= 11 is 4.72. The highest BCUT2D eigenvalue weighted by Gasteiger charge is 2.45. The number of halogens is 4. The van der Waals surface area contributed by atoms with Gasteiger partial charge in [-0.15, -0.1) is 11.3 Å². The number of fused-ring (bicyclic) bond motifs is 3. The van der Waals surface area contributed by atoms with E-state index in [1.54, 1.807) is 21.1 Å². The Kier molecular flexibility index (Phi) is 9.52. The lowest BCUT2D eigenvalue weighted by atomic mass is 9.99. The van der Waals surface area contributed by atoms with Crippen molar-refractivity contribution in [3.63, 3.8) is 0 Å². The van der Waals surface area contributed by atoms with E-state index in [9.17, 15) is 27.6 Å². The molecular formula is C33H41BrF3N7O4S. The van der Waals surface area contributed by atoms with E-state index < -0.39 is 35.5 Å². The van der Waals surface area contributed by atoms with Crippen LogP contribution in [0.3, 0.4) is 0 Å². The van der Waals surface area contributed by atoms with E-state index in [4.69, 9.17) is 10.5 Å². The van der Waals surface area contributed by atoms with E-state index in [1.807, 2.05) is 11.4 Å². The minimum absolute atomic E-state index is 0.0553. The molecule has 1 aromatic carbocycles. The van der Waals surface area contributed by atoms with Crippen molar-refractivity contribution in [3.05, 3.63) is 44.1 Å². The van der Waals surface area contributed by atoms with Gasteiger partial charge in [0.1, 0.15) is 0 Å². The number of thiophene rings is 1. The molecule has 0 spiro atoms. The Morgan fingerprint density at radius 1 is 1.04 bits per heavy atom. The predicted octanol–water partition coefficient (Wildman–Crippen LogP) is 5.05. The van der Waals surface area contributed by atoms with Gasteiger partial charge in [-0.1, -0.05) is 0 Å². The molecule has 11 nitrogen and oxygen atoms in total. The zero-order valence-corrected chi connectivity index (χ0v) is 29.7. The second kappa shape index (κ2) is 13.6. The minimum atomic E-state index is -4.70. The molecule has 2 bridgehead atoms. The molecule has 6 heterocycles. The zero-order chi connectivity index (χ0) is 34.6. The zero-order valence-electron chi connectivity index (χ0n) is 27.3. The highest BCUT2D eigenvalue weighted by atomic mass is 79.9. The van der Waals surface area contributed by atoms with Crippen molar-refractivity contribution in [3.8, 4) is 0 Å². The van der Waals surface area contributed by atoms with Gasteiger partial charge in [0.05, 0.1) is 23.5 Å². The third-order valence-electron chi connectivity index (χ3n) is 11.0. The molecule has 0 radical (unpaired) electrons. The van der Waals surface area contributed by atoms with Crippen LogP contribution in [0.1, 0.15) is 48.1 Å². The summed E-state index contributed by atoms with van der Waals surface area (Å²) in [6.45, 7) is 4.18. The van der Waals surface area contributed by atoms with Crippen LogP contribution in [0, 0.1) is 0 Å². The summed E-state index contributed by atoms with van der Waals surface area (Å²) in [5.41, 5.74) is 5.29. The fourth-order valence-corrected chi connectivity index (χ4v) is 9.56. The predicted molar refractivity (Wildman–Crippen MR) is 182 cm³/mol. The van der Waals surface area contributed by atoms with Gasteiger partial charge in [-0.05, 0) is 84.2 Å². The maximum absolute atomic E-state index is 14.0. The molecular weight excluding hydrogens is 727 g/mol. The number of urea groups is 1. The molecule has 1 aromatic heterocycles. The van der Waals surface area contributed by atoms with E-state index in [0.717, 1.165) is 42.6 Å². The highest BCUT2D eigenvalue weighted by molar-refractivity contribution is 9.10. The number of piperidine rings is 2. The van der Waals surface area contributed by atoms with Crippen molar-refractivity contribution in [1.29, 1.82) is 0 Å². The maximum atomic E-state index is 14.0. The number of likely N-dealkylation sites (tertiary alicyclic amines) is 4. The number of nitrogens with two attached hydrogens (primary N) is 1. The molecule has 2 unspecified atom stereocenters. The van der Waals surface area contributed by atoms with Crippen LogP contribution >= 0.6 is 27.3 Å². The average Bonchev–Trinajstić information content (AvgIpc) is 3.80. The number of anilines is 2. The number of carbonyl (C=O) groups is 3. The average molecular weight is 769 g/mol. The van der Waals surface area contributed by atoms with E-state index in [-0.39, 0.29) is 28.5 Å². The molecule has 0 saturated carbocycles. The molecule has 3 N–H and O–H groups in total. The number of carbonyl (C=O) groups excluding carboxylic acids is 3. The Morgan fingerprint density at radius 2 is 1.73 bits per heavy atom. The molecule has 7 rings (SSSR count). The number of alkyl halides is 3. The first-order valence-electron chi connectivity index (χ1n) is 16.8. The number of benzene rings is 1. The number of nitrogens with one attached hydrogen (secondary N) is 1. The Balaban J connectivity index is 1.02. The second-order valence-corrected chi connectivity index (χ2v) is 15.7. The molecule has 49 heavy (non-hydrogen) atoms. The Morgan fingerprint density at radius 3 is 2.39 bits per heavy atom. The minimum Gasteiger partial charge on any atom is -0.436 e. The van der Waals surface area contributed by atoms with Gasteiger partial charge in [0, 0.05) is 79.2 Å². The Hall–Kier alpha value is -3.08. The number of amides is 4. The third-order valence-corrected chi connectivity index (χ3v) is 12.5. The van der Waals surface area contributed by atoms with E-state index in [0.29, 0.717) is 63.7 Å². The second-order valence-electron chi connectivity index (χ2n) is 13.9. The van der Waals surface area contributed by atoms with Gasteiger partial charge in [-0.25, -0.2) is 9.59 Å². The van der Waals surface area contributed by atoms with Gasteiger partial charge in [0.15, 0.2) is 6.10 Å². The van der Waals surface area contributed by atoms with E-state index in [1.165, 1.54) is 17.4 Å². The van der Waals surface area contributed by atoms with Gasteiger partial charge in [-0.2, -0.15) is 13.2 Å². The SMILES string of the molecule is CN1CC2CC1CN2C1CCN(C(=O)[C@@H](Cc2cc(Br)c(N)c(C(F)(F)F)c2)OC(=O)N2CCC(N3Cc4sccc4NC3=O)CC2)CC1.